The second-order valence-corrected chi connectivity index (χ2v) is 4.45. The van der Waals surface area contributed by atoms with Crippen LogP contribution in [0.1, 0.15) is 43.8 Å². The summed E-state index contributed by atoms with van der Waals surface area (Å²) in [5.41, 5.74) is 0.252. The molecular formula is C10H15N3O. The lowest BCUT2D eigenvalue weighted by Crippen LogP contribution is -2.40. The molecule has 2 heterocycles. The van der Waals surface area contributed by atoms with Crippen molar-refractivity contribution in [1.82, 2.24) is 15.5 Å². The molecular weight excluding hydrogens is 178 g/mol. The highest BCUT2D eigenvalue weighted by molar-refractivity contribution is 5.16. The van der Waals surface area contributed by atoms with Crippen LogP contribution >= 0.6 is 0 Å². The number of hydrogen-bond donors (Lipinski definition) is 1. The monoisotopic (exact) mass is 193 g/mol. The number of hydrogen-bond acceptors (Lipinski definition) is 4. The molecule has 76 valence electrons. The summed E-state index contributed by atoms with van der Waals surface area (Å²) in [5, 5.41) is 7.28. The fraction of sp³-hybridized carbons (Fsp3) is 0.800. The van der Waals surface area contributed by atoms with Crippen LogP contribution in [0.4, 0.5) is 0 Å². The molecule has 3 rings (SSSR count). The molecule has 2 fully saturated rings. The van der Waals surface area contributed by atoms with Gasteiger partial charge in [0.2, 0.25) is 5.89 Å². The molecule has 1 aliphatic carbocycles. The van der Waals surface area contributed by atoms with Crippen LogP contribution < -0.4 is 5.32 Å². The fourth-order valence-electron chi connectivity index (χ4n) is 1.96. The van der Waals surface area contributed by atoms with Crippen molar-refractivity contribution in [2.45, 2.75) is 37.5 Å². The average molecular weight is 193 g/mol. The van der Waals surface area contributed by atoms with Crippen molar-refractivity contribution < 1.29 is 4.52 Å². The molecule has 14 heavy (non-hydrogen) atoms. The maximum atomic E-state index is 5.35. The van der Waals surface area contributed by atoms with Gasteiger partial charge in [0.25, 0.3) is 0 Å². The van der Waals surface area contributed by atoms with Crippen LogP contribution in [0.3, 0.4) is 0 Å². The van der Waals surface area contributed by atoms with E-state index in [2.05, 4.69) is 22.4 Å². The van der Waals surface area contributed by atoms with E-state index >= 15 is 0 Å². The third-order valence-corrected chi connectivity index (χ3v) is 3.57. The van der Waals surface area contributed by atoms with Gasteiger partial charge in [0.05, 0.1) is 0 Å². The zero-order valence-corrected chi connectivity index (χ0v) is 8.42. The quantitative estimate of drug-likeness (QED) is 0.783. The molecule has 4 nitrogen and oxygen atoms in total. The van der Waals surface area contributed by atoms with Crippen molar-refractivity contribution in [1.29, 1.82) is 0 Å². The normalized spacial score (nSPS) is 24.6. The van der Waals surface area contributed by atoms with E-state index < -0.39 is 0 Å². The van der Waals surface area contributed by atoms with Gasteiger partial charge in [-0.15, -0.1) is 0 Å². The van der Waals surface area contributed by atoms with Gasteiger partial charge in [0, 0.05) is 24.4 Å². The van der Waals surface area contributed by atoms with Crippen molar-refractivity contribution in [3.63, 3.8) is 0 Å². The zero-order chi connectivity index (χ0) is 9.60. The van der Waals surface area contributed by atoms with Crippen molar-refractivity contribution in [3.05, 3.63) is 11.7 Å². The van der Waals surface area contributed by atoms with Gasteiger partial charge in [-0.05, 0) is 19.3 Å². The number of nitrogens with zero attached hydrogens (tertiary/aromatic N) is 2. The maximum absolute atomic E-state index is 5.35. The largest absolute Gasteiger partial charge is 0.339 e. The molecule has 0 bridgehead atoms. The summed E-state index contributed by atoms with van der Waals surface area (Å²) in [6.07, 6.45) is 3.56. The molecule has 0 radical (unpaired) electrons. The summed E-state index contributed by atoms with van der Waals surface area (Å²) in [6, 6.07) is 0. The van der Waals surface area contributed by atoms with E-state index in [1.807, 2.05) is 0 Å². The molecule has 2 aliphatic rings. The minimum atomic E-state index is 0.252. The fourth-order valence-corrected chi connectivity index (χ4v) is 1.96. The van der Waals surface area contributed by atoms with Gasteiger partial charge in [0.15, 0.2) is 5.82 Å². The van der Waals surface area contributed by atoms with E-state index in [-0.39, 0.29) is 5.41 Å². The summed E-state index contributed by atoms with van der Waals surface area (Å²) in [7, 11) is 0. The standard InChI is InChI=1S/C10H15N3O/c1-2-10(3-4-10)9-12-8(13-14-9)7-5-11-6-7/h7,11H,2-6H2,1H3. The number of nitrogens with one attached hydrogen (secondary N) is 1. The Hall–Kier alpha value is -0.900. The molecule has 1 saturated carbocycles. The van der Waals surface area contributed by atoms with Gasteiger partial charge < -0.3 is 9.84 Å². The van der Waals surface area contributed by atoms with Gasteiger partial charge in [-0.2, -0.15) is 4.98 Å². The van der Waals surface area contributed by atoms with Crippen LogP contribution in [-0.4, -0.2) is 23.2 Å². The molecule has 4 heteroatoms. The van der Waals surface area contributed by atoms with E-state index in [0.29, 0.717) is 5.92 Å². The first kappa shape index (κ1) is 8.41. The maximum Gasteiger partial charge on any atom is 0.232 e. The molecule has 0 aromatic carbocycles. The Labute approximate surface area is 83.1 Å². The molecule has 0 atom stereocenters. The van der Waals surface area contributed by atoms with Crippen LogP contribution in [-0.2, 0) is 5.41 Å². The molecule has 1 aromatic heterocycles. The first-order valence-corrected chi connectivity index (χ1v) is 5.39. The number of aromatic nitrogens is 2. The molecule has 1 aromatic rings. The minimum absolute atomic E-state index is 0.252. The summed E-state index contributed by atoms with van der Waals surface area (Å²) in [5.74, 6) is 2.26. The zero-order valence-electron chi connectivity index (χ0n) is 8.42. The minimum Gasteiger partial charge on any atom is -0.339 e. The lowest BCUT2D eigenvalue weighted by molar-refractivity contribution is 0.329. The lowest BCUT2D eigenvalue weighted by atomic mass is 10.0. The van der Waals surface area contributed by atoms with Gasteiger partial charge in [-0.1, -0.05) is 12.1 Å². The Kier molecular flexibility index (Phi) is 1.68. The molecule has 0 amide bonds. The van der Waals surface area contributed by atoms with E-state index in [4.69, 9.17) is 4.52 Å². The van der Waals surface area contributed by atoms with Crippen molar-refractivity contribution in [2.24, 2.45) is 0 Å². The van der Waals surface area contributed by atoms with Crippen LogP contribution in [0, 0.1) is 0 Å². The Morgan fingerprint density at radius 1 is 1.50 bits per heavy atom. The third-order valence-electron chi connectivity index (χ3n) is 3.57. The average Bonchev–Trinajstić information content (AvgIpc) is 2.78. The molecule has 0 unspecified atom stereocenters. The van der Waals surface area contributed by atoms with Crippen molar-refractivity contribution >= 4 is 0 Å². The number of rotatable bonds is 3. The van der Waals surface area contributed by atoms with Gasteiger partial charge in [-0.3, -0.25) is 0 Å². The SMILES string of the molecule is CCC1(c2nc(C3CNC3)no2)CC1. The highest BCUT2D eigenvalue weighted by atomic mass is 16.5. The Morgan fingerprint density at radius 2 is 2.29 bits per heavy atom. The Balaban J connectivity index is 1.83. The summed E-state index contributed by atoms with van der Waals surface area (Å²) < 4.78 is 5.35. The lowest BCUT2D eigenvalue weighted by Gasteiger charge is -2.23. The second-order valence-electron chi connectivity index (χ2n) is 4.45. The summed E-state index contributed by atoms with van der Waals surface area (Å²) >= 11 is 0. The first-order valence-electron chi connectivity index (χ1n) is 5.39. The predicted octanol–water partition coefficient (Wildman–Crippen LogP) is 1.20. The second kappa shape index (κ2) is 2.79. The highest BCUT2D eigenvalue weighted by Gasteiger charge is 2.48. The van der Waals surface area contributed by atoms with Gasteiger partial charge >= 0.3 is 0 Å². The first-order chi connectivity index (χ1) is 6.84. The molecule has 1 saturated heterocycles. The van der Waals surface area contributed by atoms with E-state index in [0.717, 1.165) is 31.2 Å². The Morgan fingerprint density at radius 3 is 2.79 bits per heavy atom. The summed E-state index contributed by atoms with van der Waals surface area (Å²) in [6.45, 7) is 4.19. The molecule has 1 N–H and O–H groups in total. The van der Waals surface area contributed by atoms with Gasteiger partial charge in [0.1, 0.15) is 0 Å². The summed E-state index contributed by atoms with van der Waals surface area (Å²) in [4.78, 5) is 4.52. The Bertz CT molecular complexity index is 339. The van der Waals surface area contributed by atoms with Crippen molar-refractivity contribution in [2.75, 3.05) is 13.1 Å². The highest BCUT2D eigenvalue weighted by Crippen LogP contribution is 2.50. The third kappa shape index (κ3) is 1.10. The topological polar surface area (TPSA) is 51.0 Å². The van der Waals surface area contributed by atoms with Crippen LogP contribution in [0.5, 0.6) is 0 Å². The van der Waals surface area contributed by atoms with Gasteiger partial charge in [-0.25, -0.2) is 0 Å². The predicted molar refractivity (Wildman–Crippen MR) is 51.1 cm³/mol. The molecule has 0 spiro atoms. The molecule has 1 aliphatic heterocycles. The smallest absolute Gasteiger partial charge is 0.232 e. The van der Waals surface area contributed by atoms with E-state index in [1.54, 1.807) is 0 Å². The van der Waals surface area contributed by atoms with E-state index in [9.17, 15) is 0 Å². The van der Waals surface area contributed by atoms with Crippen LogP contribution in [0.2, 0.25) is 0 Å². The van der Waals surface area contributed by atoms with Crippen LogP contribution in [0.15, 0.2) is 4.52 Å². The van der Waals surface area contributed by atoms with E-state index in [1.165, 1.54) is 12.8 Å². The van der Waals surface area contributed by atoms with Crippen molar-refractivity contribution in [3.8, 4) is 0 Å². The van der Waals surface area contributed by atoms with Crippen LogP contribution in [0.25, 0.3) is 0 Å².